The van der Waals surface area contributed by atoms with Crippen LogP contribution in [-0.4, -0.2) is 36.1 Å². The van der Waals surface area contributed by atoms with E-state index in [0.717, 1.165) is 5.56 Å². The molecule has 0 aromatic heterocycles. The second kappa shape index (κ2) is 8.57. The van der Waals surface area contributed by atoms with Crippen LogP contribution in [0.15, 0.2) is 24.3 Å². The van der Waals surface area contributed by atoms with E-state index in [-0.39, 0.29) is 31.8 Å². The van der Waals surface area contributed by atoms with E-state index >= 15 is 0 Å². The number of carboxylic acids is 1. The molecule has 114 valence electrons. The Morgan fingerprint density at radius 3 is 2.38 bits per heavy atom. The second-order valence-electron chi connectivity index (χ2n) is 4.49. The number of rotatable bonds is 7. The molecule has 0 spiro atoms. The van der Waals surface area contributed by atoms with Gasteiger partial charge in [0.15, 0.2) is 0 Å². The smallest absolute Gasteiger partial charge is 0.314 e. The summed E-state index contributed by atoms with van der Waals surface area (Å²) in [7, 11) is 0. The third kappa shape index (κ3) is 7.56. The summed E-state index contributed by atoms with van der Waals surface area (Å²) in [4.78, 5) is 33.2. The Morgan fingerprint density at radius 1 is 1.10 bits per heavy atom. The maximum Gasteiger partial charge on any atom is 0.314 e. The molecule has 1 aromatic rings. The molecule has 0 radical (unpaired) electrons. The number of carbonyl (C=O) groups excluding carboxylic acids is 2. The van der Waals surface area contributed by atoms with E-state index in [2.05, 4.69) is 16.0 Å². The van der Waals surface area contributed by atoms with Crippen LogP contribution in [0, 0.1) is 6.92 Å². The number of aliphatic carboxylic acids is 1. The summed E-state index contributed by atoms with van der Waals surface area (Å²) in [6.45, 7) is 2.16. The molecule has 1 rings (SSSR count). The monoisotopic (exact) mass is 293 g/mol. The molecule has 0 heterocycles. The van der Waals surface area contributed by atoms with Crippen LogP contribution in [0.4, 0.5) is 10.5 Å². The topological polar surface area (TPSA) is 108 Å². The van der Waals surface area contributed by atoms with Crippen molar-refractivity contribution in [3.8, 4) is 0 Å². The highest BCUT2D eigenvalue weighted by molar-refractivity contribution is 5.91. The first kappa shape index (κ1) is 16.5. The predicted molar refractivity (Wildman–Crippen MR) is 78.1 cm³/mol. The minimum atomic E-state index is -0.979. The van der Waals surface area contributed by atoms with Gasteiger partial charge in [-0.25, -0.2) is 4.79 Å². The number of benzene rings is 1. The summed E-state index contributed by atoms with van der Waals surface area (Å²) in [5, 5.41) is 16.0. The molecule has 21 heavy (non-hydrogen) atoms. The van der Waals surface area contributed by atoms with Crippen LogP contribution in [-0.2, 0) is 9.59 Å². The van der Waals surface area contributed by atoms with Gasteiger partial charge in [0.05, 0.1) is 6.42 Å². The van der Waals surface area contributed by atoms with Crippen molar-refractivity contribution in [3.05, 3.63) is 29.8 Å². The van der Waals surface area contributed by atoms with Gasteiger partial charge in [0, 0.05) is 25.2 Å². The molecule has 7 nitrogen and oxygen atoms in total. The lowest BCUT2D eigenvalue weighted by molar-refractivity contribution is -0.136. The van der Waals surface area contributed by atoms with Crippen molar-refractivity contribution in [2.45, 2.75) is 19.8 Å². The van der Waals surface area contributed by atoms with E-state index in [1.165, 1.54) is 0 Å². The maximum absolute atomic E-state index is 11.6. The molecule has 0 aliphatic heterocycles. The SMILES string of the molecule is Cc1cccc(NC(=O)CCNC(=O)NCCC(=O)O)c1. The lowest BCUT2D eigenvalue weighted by Crippen LogP contribution is -2.38. The zero-order valence-electron chi connectivity index (χ0n) is 11.8. The first-order valence-corrected chi connectivity index (χ1v) is 6.57. The van der Waals surface area contributed by atoms with Crippen molar-refractivity contribution in [3.63, 3.8) is 0 Å². The fourth-order valence-corrected chi connectivity index (χ4v) is 1.58. The van der Waals surface area contributed by atoms with Crippen LogP contribution in [0.1, 0.15) is 18.4 Å². The molecule has 0 bridgehead atoms. The number of hydrogen-bond acceptors (Lipinski definition) is 3. The first-order chi connectivity index (χ1) is 9.97. The number of aryl methyl sites for hydroxylation is 1. The number of anilines is 1. The lowest BCUT2D eigenvalue weighted by atomic mass is 10.2. The molecule has 0 atom stereocenters. The number of hydrogen-bond donors (Lipinski definition) is 4. The molecule has 0 saturated carbocycles. The van der Waals surface area contributed by atoms with Gasteiger partial charge in [0.1, 0.15) is 0 Å². The predicted octanol–water partition coefficient (Wildman–Crippen LogP) is 1.10. The highest BCUT2D eigenvalue weighted by Crippen LogP contribution is 2.09. The molecule has 0 aliphatic carbocycles. The van der Waals surface area contributed by atoms with Crippen LogP contribution in [0.25, 0.3) is 0 Å². The fourth-order valence-electron chi connectivity index (χ4n) is 1.58. The molecule has 1 aromatic carbocycles. The van der Waals surface area contributed by atoms with Crippen LogP contribution in [0.3, 0.4) is 0 Å². The van der Waals surface area contributed by atoms with Gasteiger partial charge >= 0.3 is 12.0 Å². The summed E-state index contributed by atoms with van der Waals surface area (Å²) in [6.07, 6.45) is 0.00154. The second-order valence-corrected chi connectivity index (χ2v) is 4.49. The Morgan fingerprint density at radius 2 is 1.76 bits per heavy atom. The minimum Gasteiger partial charge on any atom is -0.481 e. The Labute approximate surface area is 122 Å². The molecule has 4 N–H and O–H groups in total. The Hall–Kier alpha value is -2.57. The van der Waals surface area contributed by atoms with Crippen molar-refractivity contribution in [1.82, 2.24) is 10.6 Å². The standard InChI is InChI=1S/C14H19N3O4/c1-10-3-2-4-11(9-10)17-12(18)5-7-15-14(21)16-8-6-13(19)20/h2-4,9H,5-8H2,1H3,(H,17,18)(H,19,20)(H2,15,16,21). The summed E-state index contributed by atoms with van der Waals surface area (Å²) in [6, 6.07) is 6.93. The van der Waals surface area contributed by atoms with Gasteiger partial charge in [0.25, 0.3) is 0 Å². The Kier molecular flexibility index (Phi) is 6.73. The van der Waals surface area contributed by atoms with E-state index in [1.807, 2.05) is 25.1 Å². The minimum absolute atomic E-state index is 0.0522. The van der Waals surface area contributed by atoms with Gasteiger partial charge in [0.2, 0.25) is 5.91 Å². The van der Waals surface area contributed by atoms with E-state index in [1.54, 1.807) is 6.07 Å². The molecule has 0 saturated heterocycles. The van der Waals surface area contributed by atoms with Gasteiger partial charge < -0.3 is 21.1 Å². The Bertz CT molecular complexity index is 517. The average Bonchev–Trinajstić information content (AvgIpc) is 2.38. The molecule has 0 unspecified atom stereocenters. The van der Waals surface area contributed by atoms with Crippen LogP contribution < -0.4 is 16.0 Å². The normalized spacial score (nSPS) is 9.76. The van der Waals surface area contributed by atoms with Crippen molar-refractivity contribution < 1.29 is 19.5 Å². The van der Waals surface area contributed by atoms with E-state index in [4.69, 9.17) is 5.11 Å². The highest BCUT2D eigenvalue weighted by Gasteiger charge is 2.05. The van der Waals surface area contributed by atoms with Gasteiger partial charge in [-0.3, -0.25) is 9.59 Å². The summed E-state index contributed by atoms with van der Waals surface area (Å²) < 4.78 is 0. The van der Waals surface area contributed by atoms with Crippen LogP contribution >= 0.6 is 0 Å². The van der Waals surface area contributed by atoms with Gasteiger partial charge in [-0.05, 0) is 24.6 Å². The number of amides is 3. The first-order valence-electron chi connectivity index (χ1n) is 6.57. The molecular weight excluding hydrogens is 274 g/mol. The number of nitrogens with one attached hydrogen (secondary N) is 3. The van der Waals surface area contributed by atoms with Gasteiger partial charge in [-0.1, -0.05) is 12.1 Å². The number of urea groups is 1. The third-order valence-electron chi connectivity index (χ3n) is 2.56. The average molecular weight is 293 g/mol. The largest absolute Gasteiger partial charge is 0.481 e. The quantitative estimate of drug-likeness (QED) is 0.603. The molecule has 3 amide bonds. The maximum atomic E-state index is 11.6. The Balaban J connectivity index is 2.18. The van der Waals surface area contributed by atoms with Crippen molar-refractivity contribution in [1.29, 1.82) is 0 Å². The number of carbonyl (C=O) groups is 3. The summed E-state index contributed by atoms with van der Waals surface area (Å²) >= 11 is 0. The van der Waals surface area contributed by atoms with E-state index in [9.17, 15) is 14.4 Å². The van der Waals surface area contributed by atoms with Crippen molar-refractivity contribution in [2.24, 2.45) is 0 Å². The fraction of sp³-hybridized carbons (Fsp3) is 0.357. The van der Waals surface area contributed by atoms with Crippen molar-refractivity contribution in [2.75, 3.05) is 18.4 Å². The van der Waals surface area contributed by atoms with Crippen LogP contribution in [0.5, 0.6) is 0 Å². The van der Waals surface area contributed by atoms with E-state index < -0.39 is 12.0 Å². The molecule has 7 heteroatoms. The lowest BCUT2D eigenvalue weighted by Gasteiger charge is -2.08. The van der Waals surface area contributed by atoms with E-state index in [0.29, 0.717) is 5.69 Å². The molecule has 0 aliphatic rings. The molecule has 0 fully saturated rings. The van der Waals surface area contributed by atoms with Gasteiger partial charge in [-0.2, -0.15) is 0 Å². The zero-order chi connectivity index (χ0) is 15.7. The third-order valence-corrected chi connectivity index (χ3v) is 2.56. The highest BCUT2D eigenvalue weighted by atomic mass is 16.4. The molecular formula is C14H19N3O4. The summed E-state index contributed by atoms with van der Waals surface area (Å²) in [5.74, 6) is -1.18. The zero-order valence-corrected chi connectivity index (χ0v) is 11.8. The van der Waals surface area contributed by atoms with Crippen molar-refractivity contribution >= 4 is 23.6 Å². The van der Waals surface area contributed by atoms with Gasteiger partial charge in [-0.15, -0.1) is 0 Å². The summed E-state index contributed by atoms with van der Waals surface area (Å²) in [5.41, 5.74) is 1.76. The van der Waals surface area contributed by atoms with Crippen LogP contribution in [0.2, 0.25) is 0 Å². The number of carboxylic acid groups (broad SMARTS) is 1.